The van der Waals surface area contributed by atoms with Gasteiger partial charge in [-0.2, -0.15) is 0 Å². The summed E-state index contributed by atoms with van der Waals surface area (Å²) in [7, 11) is 0. The van der Waals surface area contributed by atoms with Crippen LogP contribution < -0.4 is 5.32 Å². The molecule has 4 nitrogen and oxygen atoms in total. The third-order valence-corrected chi connectivity index (χ3v) is 9.85. The highest BCUT2D eigenvalue weighted by atomic mass is 16.3. The van der Waals surface area contributed by atoms with Gasteiger partial charge >= 0.3 is 0 Å². The first-order chi connectivity index (χ1) is 24.2. The van der Waals surface area contributed by atoms with Gasteiger partial charge in [0.05, 0.1) is 18.8 Å². The zero-order chi connectivity index (χ0) is 35.7. The molecule has 0 aliphatic heterocycles. The molecular weight excluding hydrogens is 602 g/mol. The summed E-state index contributed by atoms with van der Waals surface area (Å²) in [6.07, 6.45) is 53.9. The van der Waals surface area contributed by atoms with Gasteiger partial charge in [-0.3, -0.25) is 4.79 Å². The maximum atomic E-state index is 12.4. The second kappa shape index (κ2) is 41.0. The van der Waals surface area contributed by atoms with E-state index in [9.17, 15) is 15.0 Å². The first-order valence-electron chi connectivity index (χ1n) is 21.7. The second-order valence-corrected chi connectivity index (χ2v) is 14.8. The standard InChI is InChI=1S/C45H85NO3/c1-3-5-7-9-11-13-15-17-19-21-23-25-27-29-31-33-35-37-39-41-45(49)46-43(42-47)44(48)40-38-36-34-32-30-28-26-24-22-20-18-16-14-12-10-8-6-4-2/h21,23,30,32,38,40,43-44,47-48H,3-20,22,24-29,31,33-37,39,41-42H2,1-2H3,(H,46,49)/b23-21-,32-30+,40-38+. The van der Waals surface area contributed by atoms with E-state index < -0.39 is 12.1 Å². The average molecular weight is 688 g/mol. The average Bonchev–Trinajstić information content (AvgIpc) is 3.10. The molecule has 0 saturated heterocycles. The Morgan fingerprint density at radius 3 is 1.18 bits per heavy atom. The molecule has 0 spiro atoms. The predicted octanol–water partition coefficient (Wildman–Crippen LogP) is 13.4. The molecule has 0 fully saturated rings. The molecule has 2 unspecified atom stereocenters. The molecule has 0 aromatic carbocycles. The largest absolute Gasteiger partial charge is 0.394 e. The van der Waals surface area contributed by atoms with Crippen molar-refractivity contribution in [1.29, 1.82) is 0 Å². The molecule has 0 radical (unpaired) electrons. The summed E-state index contributed by atoms with van der Waals surface area (Å²) >= 11 is 0. The number of aliphatic hydroxyl groups is 2. The normalized spacial score (nSPS) is 13.3. The topological polar surface area (TPSA) is 69.6 Å². The van der Waals surface area contributed by atoms with Gasteiger partial charge in [0.25, 0.3) is 0 Å². The van der Waals surface area contributed by atoms with Crippen molar-refractivity contribution in [2.24, 2.45) is 0 Å². The van der Waals surface area contributed by atoms with Crippen LogP contribution in [0.4, 0.5) is 0 Å². The van der Waals surface area contributed by atoms with Crippen molar-refractivity contribution in [3.05, 3.63) is 36.5 Å². The molecule has 0 aliphatic rings. The molecule has 4 heteroatoms. The number of rotatable bonds is 39. The summed E-state index contributed by atoms with van der Waals surface area (Å²) in [5.41, 5.74) is 0. The molecule has 288 valence electrons. The van der Waals surface area contributed by atoms with Crippen LogP contribution in [0, 0.1) is 0 Å². The van der Waals surface area contributed by atoms with Gasteiger partial charge in [0.15, 0.2) is 0 Å². The van der Waals surface area contributed by atoms with Crippen LogP contribution in [0.25, 0.3) is 0 Å². The summed E-state index contributed by atoms with van der Waals surface area (Å²) in [5.74, 6) is -0.0778. The van der Waals surface area contributed by atoms with Crippen molar-refractivity contribution in [3.63, 3.8) is 0 Å². The first-order valence-corrected chi connectivity index (χ1v) is 21.7. The number of nitrogens with one attached hydrogen (secondary N) is 1. The number of allylic oxidation sites excluding steroid dienone is 5. The number of aliphatic hydroxyl groups excluding tert-OH is 2. The minimum Gasteiger partial charge on any atom is -0.394 e. The Kier molecular flexibility index (Phi) is 39.9. The molecule has 1 amide bonds. The van der Waals surface area contributed by atoms with Crippen LogP contribution in [0.3, 0.4) is 0 Å². The minimum atomic E-state index is -0.862. The SMILES string of the molecule is CCCCCCCCCC/C=C\CCCCCCCCCC(=O)NC(CO)C(O)/C=C/CC/C=C/CCCCCCCCCCCCCC. The molecule has 2 atom stereocenters. The van der Waals surface area contributed by atoms with E-state index in [1.807, 2.05) is 6.08 Å². The predicted molar refractivity (Wildman–Crippen MR) is 216 cm³/mol. The van der Waals surface area contributed by atoms with Crippen LogP contribution in [0.2, 0.25) is 0 Å². The zero-order valence-corrected chi connectivity index (χ0v) is 33.0. The Hall–Kier alpha value is -1.39. The lowest BCUT2D eigenvalue weighted by atomic mass is 10.0. The van der Waals surface area contributed by atoms with Gasteiger partial charge in [0.2, 0.25) is 5.91 Å². The first kappa shape index (κ1) is 47.6. The van der Waals surface area contributed by atoms with Crippen molar-refractivity contribution in [2.75, 3.05) is 6.61 Å². The van der Waals surface area contributed by atoms with Gasteiger partial charge in [-0.25, -0.2) is 0 Å². The van der Waals surface area contributed by atoms with Crippen molar-refractivity contribution in [3.8, 4) is 0 Å². The third kappa shape index (κ3) is 37.7. The fourth-order valence-electron chi connectivity index (χ4n) is 6.48. The lowest BCUT2D eigenvalue weighted by Crippen LogP contribution is -2.45. The van der Waals surface area contributed by atoms with Crippen LogP contribution in [-0.4, -0.2) is 34.9 Å². The minimum absolute atomic E-state index is 0.0778. The summed E-state index contributed by atoms with van der Waals surface area (Å²) in [6, 6.07) is -0.639. The third-order valence-electron chi connectivity index (χ3n) is 9.85. The van der Waals surface area contributed by atoms with Crippen molar-refractivity contribution < 1.29 is 15.0 Å². The quantitative estimate of drug-likeness (QED) is 0.0445. The number of carbonyl (C=O) groups excluding carboxylic acids is 1. The van der Waals surface area contributed by atoms with Gasteiger partial charge in [-0.15, -0.1) is 0 Å². The molecular formula is C45H85NO3. The summed E-state index contributed by atoms with van der Waals surface area (Å²) in [5, 5.41) is 23.0. The van der Waals surface area contributed by atoms with E-state index in [1.165, 1.54) is 173 Å². The summed E-state index contributed by atoms with van der Waals surface area (Å²) in [4.78, 5) is 12.4. The number of amides is 1. The van der Waals surface area contributed by atoms with Crippen LogP contribution in [-0.2, 0) is 4.79 Å². The van der Waals surface area contributed by atoms with E-state index in [1.54, 1.807) is 6.08 Å². The molecule has 3 N–H and O–H groups in total. The highest BCUT2D eigenvalue weighted by molar-refractivity contribution is 5.76. The number of hydrogen-bond acceptors (Lipinski definition) is 3. The van der Waals surface area contributed by atoms with Crippen molar-refractivity contribution in [2.45, 2.75) is 238 Å². The lowest BCUT2D eigenvalue weighted by Gasteiger charge is -2.19. The van der Waals surface area contributed by atoms with E-state index in [0.29, 0.717) is 6.42 Å². The molecule has 0 saturated carbocycles. The van der Waals surface area contributed by atoms with E-state index in [-0.39, 0.29) is 12.5 Å². The lowest BCUT2D eigenvalue weighted by molar-refractivity contribution is -0.123. The smallest absolute Gasteiger partial charge is 0.220 e. The zero-order valence-electron chi connectivity index (χ0n) is 33.0. The van der Waals surface area contributed by atoms with Gasteiger partial charge in [0.1, 0.15) is 0 Å². The van der Waals surface area contributed by atoms with Crippen molar-refractivity contribution >= 4 is 5.91 Å². The van der Waals surface area contributed by atoms with E-state index >= 15 is 0 Å². The Bertz CT molecular complexity index is 746. The molecule has 0 aromatic heterocycles. The Morgan fingerprint density at radius 2 is 0.796 bits per heavy atom. The molecule has 0 bridgehead atoms. The fourth-order valence-corrected chi connectivity index (χ4v) is 6.48. The van der Waals surface area contributed by atoms with Crippen molar-refractivity contribution in [1.82, 2.24) is 5.32 Å². The number of unbranched alkanes of at least 4 members (excludes halogenated alkanes) is 28. The number of carbonyl (C=O) groups is 1. The van der Waals surface area contributed by atoms with Crippen LogP contribution in [0.1, 0.15) is 226 Å². The monoisotopic (exact) mass is 688 g/mol. The van der Waals surface area contributed by atoms with Gasteiger partial charge in [0, 0.05) is 6.42 Å². The fraction of sp³-hybridized carbons (Fsp3) is 0.844. The molecule has 0 rings (SSSR count). The van der Waals surface area contributed by atoms with Crippen LogP contribution in [0.5, 0.6) is 0 Å². The summed E-state index contributed by atoms with van der Waals surface area (Å²) < 4.78 is 0. The molecule has 0 heterocycles. The highest BCUT2D eigenvalue weighted by Gasteiger charge is 2.17. The van der Waals surface area contributed by atoms with Gasteiger partial charge in [-0.05, 0) is 57.8 Å². The summed E-state index contributed by atoms with van der Waals surface area (Å²) in [6.45, 7) is 4.30. The molecule has 49 heavy (non-hydrogen) atoms. The Morgan fingerprint density at radius 1 is 0.469 bits per heavy atom. The second-order valence-electron chi connectivity index (χ2n) is 14.8. The van der Waals surface area contributed by atoms with Crippen LogP contribution in [0.15, 0.2) is 36.5 Å². The maximum Gasteiger partial charge on any atom is 0.220 e. The number of hydrogen-bond donors (Lipinski definition) is 3. The van der Waals surface area contributed by atoms with E-state index in [2.05, 4.69) is 43.5 Å². The molecule has 0 aliphatic carbocycles. The van der Waals surface area contributed by atoms with E-state index in [0.717, 1.165) is 32.1 Å². The van der Waals surface area contributed by atoms with Crippen LogP contribution >= 0.6 is 0 Å². The van der Waals surface area contributed by atoms with E-state index in [4.69, 9.17) is 0 Å². The highest BCUT2D eigenvalue weighted by Crippen LogP contribution is 2.14. The maximum absolute atomic E-state index is 12.4. The Labute approximate surface area is 306 Å². The molecule has 0 aromatic rings. The Balaban J connectivity index is 3.62. The van der Waals surface area contributed by atoms with Gasteiger partial charge < -0.3 is 15.5 Å². The van der Waals surface area contributed by atoms with Gasteiger partial charge in [-0.1, -0.05) is 198 Å².